The number of para-hydroxylation sites is 1. The Morgan fingerprint density at radius 1 is 1.11 bits per heavy atom. The third-order valence-electron chi connectivity index (χ3n) is 5.31. The number of halogens is 1. The molecular formula is C23H21IO3. The van der Waals surface area contributed by atoms with Crippen molar-refractivity contribution in [3.8, 4) is 5.75 Å². The average molecular weight is 472 g/mol. The van der Waals surface area contributed by atoms with E-state index in [1.165, 1.54) is 0 Å². The minimum Gasteiger partial charge on any atom is -0.461 e. The van der Waals surface area contributed by atoms with Crippen molar-refractivity contribution >= 4 is 34.2 Å². The monoisotopic (exact) mass is 472 g/mol. The maximum atomic E-state index is 13.0. The molecule has 1 atom stereocenters. The number of hydrogen-bond acceptors (Lipinski definition) is 3. The van der Waals surface area contributed by atoms with Crippen LogP contribution >= 0.6 is 22.6 Å². The Bertz CT molecular complexity index is 954. The molecule has 0 spiro atoms. The number of benzene rings is 2. The first-order chi connectivity index (χ1) is 12.8. The van der Waals surface area contributed by atoms with Crippen LogP contribution < -0.4 is 4.74 Å². The van der Waals surface area contributed by atoms with Crippen LogP contribution in [0, 0.1) is 8.99 Å². The number of ether oxygens (including phenoxy) is 1. The van der Waals surface area contributed by atoms with Gasteiger partial charge < -0.3 is 4.74 Å². The lowest BCUT2D eigenvalue weighted by molar-refractivity contribution is -0.118. The normalized spacial score (nSPS) is 20.6. The van der Waals surface area contributed by atoms with Gasteiger partial charge in [-0.3, -0.25) is 9.59 Å². The fraction of sp³-hybridized carbons (Fsp3) is 0.304. The highest BCUT2D eigenvalue weighted by Crippen LogP contribution is 2.48. The summed E-state index contributed by atoms with van der Waals surface area (Å²) in [5.41, 5.74) is 2.20. The first kappa shape index (κ1) is 18.4. The number of fused-ring (bicyclic) bond motifs is 1. The van der Waals surface area contributed by atoms with Crippen LogP contribution in [0.25, 0.3) is 0 Å². The zero-order chi connectivity index (χ0) is 19.2. The van der Waals surface area contributed by atoms with Crippen molar-refractivity contribution in [1.29, 1.82) is 0 Å². The average Bonchev–Trinajstić information content (AvgIpc) is 2.60. The maximum Gasteiger partial charge on any atom is 0.163 e. The fourth-order valence-corrected chi connectivity index (χ4v) is 4.42. The van der Waals surface area contributed by atoms with Crippen molar-refractivity contribution in [3.05, 3.63) is 74.6 Å². The molecule has 2 aromatic rings. The molecule has 2 aromatic carbocycles. The standard InChI is InChI=1S/C23H21IO3/c1-23(2)12-19(26)22-17(11-18(25)14-7-9-15(24)10-8-14)16-5-3-4-6-20(16)27-21(22)13-23/h3-10,17H,11-13H2,1-2H3. The molecule has 4 rings (SSSR count). The second kappa shape index (κ2) is 6.89. The molecule has 138 valence electrons. The van der Waals surface area contributed by atoms with Crippen LogP contribution in [-0.2, 0) is 4.79 Å². The van der Waals surface area contributed by atoms with E-state index >= 15 is 0 Å². The minimum absolute atomic E-state index is 0.0533. The predicted molar refractivity (Wildman–Crippen MR) is 113 cm³/mol. The number of carbonyl (C=O) groups is 2. The van der Waals surface area contributed by atoms with Crippen LogP contribution in [-0.4, -0.2) is 11.6 Å². The summed E-state index contributed by atoms with van der Waals surface area (Å²) in [6.45, 7) is 4.18. The number of hydrogen-bond donors (Lipinski definition) is 0. The molecule has 0 amide bonds. The summed E-state index contributed by atoms with van der Waals surface area (Å²) < 4.78 is 7.21. The highest BCUT2D eigenvalue weighted by molar-refractivity contribution is 14.1. The molecule has 1 aliphatic heterocycles. The molecule has 0 radical (unpaired) electrons. The summed E-state index contributed by atoms with van der Waals surface area (Å²) in [5, 5.41) is 0. The van der Waals surface area contributed by atoms with Crippen molar-refractivity contribution < 1.29 is 14.3 Å². The number of ketones is 2. The molecule has 0 aromatic heterocycles. The van der Waals surface area contributed by atoms with E-state index in [2.05, 4.69) is 36.4 Å². The van der Waals surface area contributed by atoms with E-state index in [1.54, 1.807) is 0 Å². The number of carbonyl (C=O) groups excluding carboxylic acids is 2. The van der Waals surface area contributed by atoms with E-state index in [0.717, 1.165) is 27.1 Å². The summed E-state index contributed by atoms with van der Waals surface area (Å²) in [7, 11) is 0. The van der Waals surface area contributed by atoms with Crippen LogP contribution in [0.5, 0.6) is 5.75 Å². The van der Waals surface area contributed by atoms with Crippen LogP contribution in [0.2, 0.25) is 0 Å². The molecule has 4 heteroatoms. The van der Waals surface area contributed by atoms with Crippen molar-refractivity contribution in [2.24, 2.45) is 5.41 Å². The van der Waals surface area contributed by atoms with E-state index in [9.17, 15) is 9.59 Å². The van der Waals surface area contributed by atoms with Gasteiger partial charge in [0.25, 0.3) is 0 Å². The van der Waals surface area contributed by atoms with Gasteiger partial charge in [-0.05, 0) is 46.2 Å². The molecule has 0 N–H and O–H groups in total. The summed E-state index contributed by atoms with van der Waals surface area (Å²) in [4.78, 5) is 25.9. The zero-order valence-electron chi connectivity index (χ0n) is 15.4. The molecule has 1 unspecified atom stereocenters. The zero-order valence-corrected chi connectivity index (χ0v) is 17.6. The van der Waals surface area contributed by atoms with Crippen molar-refractivity contribution in [2.75, 3.05) is 0 Å². The Labute approximate surface area is 173 Å². The number of allylic oxidation sites excluding steroid dienone is 2. The summed E-state index contributed by atoms with van der Waals surface area (Å²) in [6.07, 6.45) is 1.49. The Morgan fingerprint density at radius 2 is 1.81 bits per heavy atom. The van der Waals surface area contributed by atoms with Gasteiger partial charge in [-0.15, -0.1) is 0 Å². The SMILES string of the molecule is CC1(C)CC(=O)C2=C(C1)Oc1ccccc1C2CC(=O)c1ccc(I)cc1. The third kappa shape index (κ3) is 3.59. The van der Waals surface area contributed by atoms with E-state index in [4.69, 9.17) is 4.74 Å². The van der Waals surface area contributed by atoms with Gasteiger partial charge in [-0.1, -0.05) is 44.2 Å². The van der Waals surface area contributed by atoms with Gasteiger partial charge in [0.15, 0.2) is 11.6 Å². The Kier molecular flexibility index (Phi) is 4.70. The quantitative estimate of drug-likeness (QED) is 0.426. The van der Waals surface area contributed by atoms with E-state index < -0.39 is 0 Å². The summed E-state index contributed by atoms with van der Waals surface area (Å²) in [5.74, 6) is 1.44. The molecule has 2 aliphatic rings. The lowest BCUT2D eigenvalue weighted by atomic mass is 9.70. The van der Waals surface area contributed by atoms with Gasteiger partial charge in [0.2, 0.25) is 0 Å². The first-order valence-electron chi connectivity index (χ1n) is 9.16. The Hall–Kier alpha value is -1.95. The second-order valence-corrected chi connectivity index (χ2v) is 9.35. The van der Waals surface area contributed by atoms with Crippen molar-refractivity contribution in [3.63, 3.8) is 0 Å². The topological polar surface area (TPSA) is 43.4 Å². The lowest BCUT2D eigenvalue weighted by Crippen LogP contribution is -2.33. The highest BCUT2D eigenvalue weighted by atomic mass is 127. The first-order valence-corrected chi connectivity index (χ1v) is 10.2. The van der Waals surface area contributed by atoms with Gasteiger partial charge in [0.05, 0.1) is 0 Å². The Morgan fingerprint density at radius 3 is 2.56 bits per heavy atom. The molecule has 1 aliphatic carbocycles. The van der Waals surface area contributed by atoms with Gasteiger partial charge >= 0.3 is 0 Å². The van der Waals surface area contributed by atoms with E-state index in [-0.39, 0.29) is 29.3 Å². The van der Waals surface area contributed by atoms with Crippen LogP contribution in [0.3, 0.4) is 0 Å². The molecule has 0 bridgehead atoms. The second-order valence-electron chi connectivity index (χ2n) is 8.10. The van der Waals surface area contributed by atoms with Crippen LogP contribution in [0.15, 0.2) is 59.9 Å². The molecule has 3 nitrogen and oxygen atoms in total. The van der Waals surface area contributed by atoms with Gasteiger partial charge in [-0.25, -0.2) is 0 Å². The van der Waals surface area contributed by atoms with E-state index in [0.29, 0.717) is 17.6 Å². The third-order valence-corrected chi connectivity index (χ3v) is 6.03. The largest absolute Gasteiger partial charge is 0.461 e. The summed E-state index contributed by atoms with van der Waals surface area (Å²) in [6, 6.07) is 15.3. The Balaban J connectivity index is 1.74. The molecule has 0 saturated heterocycles. The molecule has 1 heterocycles. The molecule has 27 heavy (non-hydrogen) atoms. The minimum atomic E-state index is -0.236. The van der Waals surface area contributed by atoms with Gasteiger partial charge in [0.1, 0.15) is 11.5 Å². The lowest BCUT2D eigenvalue weighted by Gasteiger charge is -2.38. The summed E-state index contributed by atoms with van der Waals surface area (Å²) >= 11 is 2.23. The van der Waals surface area contributed by atoms with Gasteiger partial charge in [0, 0.05) is 45.5 Å². The molecule has 0 saturated carbocycles. The van der Waals surface area contributed by atoms with E-state index in [1.807, 2.05) is 48.5 Å². The smallest absolute Gasteiger partial charge is 0.163 e. The molecule has 0 fully saturated rings. The van der Waals surface area contributed by atoms with Crippen molar-refractivity contribution in [1.82, 2.24) is 0 Å². The number of Topliss-reactive ketones (excluding diaryl/α,β-unsaturated/α-hetero) is 2. The van der Waals surface area contributed by atoms with Crippen LogP contribution in [0.4, 0.5) is 0 Å². The fourth-order valence-electron chi connectivity index (χ4n) is 4.06. The highest BCUT2D eigenvalue weighted by Gasteiger charge is 2.41. The number of rotatable bonds is 3. The molecular weight excluding hydrogens is 451 g/mol. The predicted octanol–water partition coefficient (Wildman–Crippen LogP) is 5.68. The van der Waals surface area contributed by atoms with Crippen molar-refractivity contribution in [2.45, 2.75) is 39.0 Å². The van der Waals surface area contributed by atoms with Gasteiger partial charge in [-0.2, -0.15) is 0 Å². The van der Waals surface area contributed by atoms with Crippen LogP contribution in [0.1, 0.15) is 54.9 Å². The maximum absolute atomic E-state index is 13.0.